The molecule has 0 aromatic carbocycles. The maximum atomic E-state index is 2.33. The molecule has 3 aliphatic carbocycles. The van der Waals surface area contributed by atoms with E-state index < -0.39 is 0 Å². The monoisotopic (exact) mass is 186 g/mol. The van der Waals surface area contributed by atoms with Crippen LogP contribution >= 0.6 is 0 Å². The lowest BCUT2D eigenvalue weighted by Gasteiger charge is -2.11. The van der Waals surface area contributed by atoms with Crippen molar-refractivity contribution in [1.82, 2.24) is 0 Å². The van der Waals surface area contributed by atoms with Crippen LogP contribution in [0, 0.1) is 0 Å². The van der Waals surface area contributed by atoms with Gasteiger partial charge in [-0.05, 0) is 43.8 Å². The highest BCUT2D eigenvalue weighted by Crippen LogP contribution is 2.22. The lowest BCUT2D eigenvalue weighted by molar-refractivity contribution is 0.678. The minimum absolute atomic E-state index is 1.24. The predicted molar refractivity (Wildman–Crippen MR) is 62.1 cm³/mol. The largest absolute Gasteiger partial charge is 0.0617 e. The highest BCUT2D eigenvalue weighted by Gasteiger charge is 2.02. The molecule has 3 aliphatic rings. The van der Waals surface area contributed by atoms with Crippen molar-refractivity contribution in [2.45, 2.75) is 39.0 Å². The van der Waals surface area contributed by atoms with Crippen LogP contribution in [0.5, 0.6) is 0 Å². The van der Waals surface area contributed by atoms with Crippen LogP contribution in [0.25, 0.3) is 0 Å². The second-order valence-corrected chi connectivity index (χ2v) is 4.27. The van der Waals surface area contributed by atoms with E-state index in [0.29, 0.717) is 0 Å². The summed E-state index contributed by atoms with van der Waals surface area (Å²) in [5.74, 6) is 0. The molecule has 0 atom stereocenters. The predicted octanol–water partition coefficient (Wildman–Crippen LogP) is 4.32. The van der Waals surface area contributed by atoms with Gasteiger partial charge in [-0.3, -0.25) is 0 Å². The number of hydrogen-bond donors (Lipinski definition) is 0. The van der Waals surface area contributed by atoms with Crippen molar-refractivity contribution in [3.8, 4) is 0 Å². The van der Waals surface area contributed by atoms with Crippen LogP contribution in [0.3, 0.4) is 0 Å². The third kappa shape index (κ3) is 2.47. The quantitative estimate of drug-likeness (QED) is 0.528. The van der Waals surface area contributed by atoms with E-state index in [0.717, 1.165) is 0 Å². The summed E-state index contributed by atoms with van der Waals surface area (Å²) in [5.41, 5.74) is 4.37. The first-order valence-electron chi connectivity index (χ1n) is 5.61. The average Bonchev–Trinajstić information content (AvgIpc) is 2.15. The zero-order valence-electron chi connectivity index (χ0n) is 8.92. The van der Waals surface area contributed by atoms with E-state index in [-0.39, 0.29) is 0 Å². The van der Waals surface area contributed by atoms with Crippen LogP contribution < -0.4 is 0 Å². The maximum Gasteiger partial charge on any atom is -0.0279 e. The van der Waals surface area contributed by atoms with Gasteiger partial charge in [0.15, 0.2) is 0 Å². The lowest BCUT2D eigenvalue weighted by atomic mass is 9.95. The summed E-state index contributed by atoms with van der Waals surface area (Å²) in [7, 11) is 0. The van der Waals surface area contributed by atoms with Crippen LogP contribution in [-0.2, 0) is 0 Å². The summed E-state index contributed by atoms with van der Waals surface area (Å²) in [6.07, 6.45) is 17.9. The second-order valence-electron chi connectivity index (χ2n) is 4.27. The zero-order chi connectivity index (χ0) is 9.80. The van der Waals surface area contributed by atoms with E-state index in [1.807, 2.05) is 0 Å². The van der Waals surface area contributed by atoms with Crippen LogP contribution in [0.2, 0.25) is 0 Å². The van der Waals surface area contributed by atoms with Crippen molar-refractivity contribution < 1.29 is 0 Å². The molecular weight excluding hydrogens is 168 g/mol. The normalized spacial score (nSPS) is 35.6. The minimum atomic E-state index is 1.24. The Morgan fingerprint density at radius 3 is 2.57 bits per heavy atom. The molecule has 0 saturated carbocycles. The number of allylic oxidation sites excluding steroid dienone is 8. The maximum absolute atomic E-state index is 2.33. The van der Waals surface area contributed by atoms with Gasteiger partial charge in [0.25, 0.3) is 0 Å². The van der Waals surface area contributed by atoms with Crippen molar-refractivity contribution in [3.63, 3.8) is 0 Å². The Kier molecular flexibility index (Phi) is 3.03. The topological polar surface area (TPSA) is 0 Å². The Hall–Kier alpha value is -1.04. The fourth-order valence-corrected chi connectivity index (χ4v) is 2.16. The first-order chi connectivity index (χ1) is 6.84. The van der Waals surface area contributed by atoms with Crippen molar-refractivity contribution in [2.24, 2.45) is 0 Å². The Bertz CT molecular complexity index is 320. The SMILES string of the molecule is CC1=C/C2=C\C=C/C(=C\1)CCCCC2. The third-order valence-corrected chi connectivity index (χ3v) is 2.88. The highest BCUT2D eigenvalue weighted by atomic mass is 14.1. The number of fused-ring (bicyclic) bond motifs is 6. The minimum Gasteiger partial charge on any atom is -0.0617 e. The van der Waals surface area contributed by atoms with Gasteiger partial charge in [0.1, 0.15) is 0 Å². The van der Waals surface area contributed by atoms with Crippen LogP contribution in [0.15, 0.2) is 47.1 Å². The molecule has 0 aliphatic heterocycles. The standard InChI is InChI=1S/C14H18/c1-12-10-13-6-3-2-4-7-14(11-12)9-5-8-13/h5,8-11H,2-4,6-7H2,1H3/b8-5-,9-5?,12-10?,12-11-,13-8?,13-10-,14-9-,14-11?. The molecule has 0 heterocycles. The van der Waals surface area contributed by atoms with Gasteiger partial charge in [0.05, 0.1) is 0 Å². The van der Waals surface area contributed by atoms with E-state index >= 15 is 0 Å². The molecule has 14 heavy (non-hydrogen) atoms. The number of rotatable bonds is 0. The molecular formula is C14H18. The fourth-order valence-electron chi connectivity index (χ4n) is 2.16. The Labute approximate surface area is 86.7 Å². The van der Waals surface area contributed by atoms with E-state index in [4.69, 9.17) is 0 Å². The van der Waals surface area contributed by atoms with Crippen LogP contribution in [0.4, 0.5) is 0 Å². The summed E-state index contributed by atoms with van der Waals surface area (Å²) in [6.45, 7) is 2.20. The lowest BCUT2D eigenvalue weighted by Crippen LogP contribution is -1.91. The van der Waals surface area contributed by atoms with Gasteiger partial charge in [-0.15, -0.1) is 0 Å². The Balaban J connectivity index is 2.33. The second kappa shape index (κ2) is 4.45. The Morgan fingerprint density at radius 2 is 1.71 bits per heavy atom. The first-order valence-corrected chi connectivity index (χ1v) is 5.61. The van der Waals surface area contributed by atoms with Gasteiger partial charge in [-0.1, -0.05) is 42.4 Å². The summed E-state index contributed by atoms with van der Waals surface area (Å²) in [6, 6.07) is 0. The van der Waals surface area contributed by atoms with E-state index in [9.17, 15) is 0 Å². The summed E-state index contributed by atoms with van der Waals surface area (Å²) >= 11 is 0. The van der Waals surface area contributed by atoms with Crippen molar-refractivity contribution >= 4 is 0 Å². The molecule has 0 aromatic rings. The Morgan fingerprint density at radius 1 is 0.929 bits per heavy atom. The van der Waals surface area contributed by atoms with Gasteiger partial charge in [-0.25, -0.2) is 0 Å². The summed E-state index contributed by atoms with van der Waals surface area (Å²) in [4.78, 5) is 0. The molecule has 0 heteroatoms. The zero-order valence-corrected chi connectivity index (χ0v) is 8.92. The first kappa shape index (κ1) is 9.51. The summed E-state index contributed by atoms with van der Waals surface area (Å²) < 4.78 is 0. The van der Waals surface area contributed by atoms with Gasteiger partial charge in [-0.2, -0.15) is 0 Å². The van der Waals surface area contributed by atoms with Crippen molar-refractivity contribution in [2.75, 3.05) is 0 Å². The molecule has 0 fully saturated rings. The third-order valence-electron chi connectivity index (χ3n) is 2.88. The van der Waals surface area contributed by atoms with Gasteiger partial charge in [0.2, 0.25) is 0 Å². The van der Waals surface area contributed by atoms with Gasteiger partial charge in [0, 0.05) is 0 Å². The van der Waals surface area contributed by atoms with Crippen LogP contribution in [-0.4, -0.2) is 0 Å². The smallest absolute Gasteiger partial charge is 0.0279 e. The number of hydrogen-bond acceptors (Lipinski definition) is 0. The average molecular weight is 186 g/mol. The van der Waals surface area contributed by atoms with Crippen LogP contribution in [0.1, 0.15) is 39.0 Å². The molecule has 0 radical (unpaired) electrons. The molecule has 0 amide bonds. The molecule has 0 nitrogen and oxygen atoms in total. The van der Waals surface area contributed by atoms with Gasteiger partial charge < -0.3 is 0 Å². The molecule has 74 valence electrons. The van der Waals surface area contributed by atoms with Crippen molar-refractivity contribution in [3.05, 3.63) is 47.1 Å². The molecule has 0 saturated heterocycles. The molecule has 0 spiro atoms. The van der Waals surface area contributed by atoms with E-state index in [1.54, 1.807) is 0 Å². The van der Waals surface area contributed by atoms with E-state index in [1.165, 1.54) is 48.8 Å². The molecule has 3 rings (SSSR count). The fraction of sp³-hybridized carbons (Fsp3) is 0.429. The molecule has 0 N–H and O–H groups in total. The van der Waals surface area contributed by atoms with Crippen molar-refractivity contribution in [1.29, 1.82) is 0 Å². The highest BCUT2D eigenvalue weighted by molar-refractivity contribution is 5.39. The summed E-state index contributed by atoms with van der Waals surface area (Å²) in [5, 5.41) is 0. The molecule has 0 aromatic heterocycles. The van der Waals surface area contributed by atoms with E-state index in [2.05, 4.69) is 37.3 Å². The molecule has 2 bridgehead atoms. The van der Waals surface area contributed by atoms with Gasteiger partial charge >= 0.3 is 0 Å². The molecule has 0 unspecified atom stereocenters.